The van der Waals surface area contributed by atoms with Gasteiger partial charge in [-0.1, -0.05) is 36.4 Å². The summed E-state index contributed by atoms with van der Waals surface area (Å²) in [6.45, 7) is 7.25. The lowest BCUT2D eigenvalue weighted by Crippen LogP contribution is -2.33. The van der Waals surface area contributed by atoms with Crippen molar-refractivity contribution >= 4 is 29.4 Å². The average Bonchev–Trinajstić information content (AvgIpc) is 3.45. The van der Waals surface area contributed by atoms with E-state index in [9.17, 15) is 9.59 Å². The second kappa shape index (κ2) is 9.42. The molecule has 0 saturated carbocycles. The van der Waals surface area contributed by atoms with Crippen molar-refractivity contribution in [3.63, 3.8) is 0 Å². The van der Waals surface area contributed by atoms with Gasteiger partial charge in [0.1, 0.15) is 5.60 Å². The molecule has 3 aromatic rings. The lowest BCUT2D eigenvalue weighted by atomic mass is 10.1. The number of carbonyl (C=O) groups is 2. The molecule has 0 aromatic heterocycles. The number of ether oxygens (including phenoxy) is 1. The smallest absolute Gasteiger partial charge is 0.410 e. The molecule has 180 valence electrons. The number of rotatable bonds is 4. The van der Waals surface area contributed by atoms with E-state index in [0.29, 0.717) is 25.2 Å². The van der Waals surface area contributed by atoms with Crippen LogP contribution >= 0.6 is 11.8 Å². The molecule has 6 heteroatoms. The summed E-state index contributed by atoms with van der Waals surface area (Å²) in [5.74, 6) is 0.935. The molecule has 2 aliphatic heterocycles. The van der Waals surface area contributed by atoms with Crippen LogP contribution < -0.4 is 4.90 Å². The number of anilines is 1. The van der Waals surface area contributed by atoms with Crippen LogP contribution in [0.4, 0.5) is 10.5 Å². The maximum absolute atomic E-state index is 13.4. The Balaban J connectivity index is 1.26. The Morgan fingerprint density at radius 1 is 0.914 bits per heavy atom. The topological polar surface area (TPSA) is 49.9 Å². The average molecular weight is 487 g/mol. The van der Waals surface area contributed by atoms with E-state index in [-0.39, 0.29) is 12.0 Å². The lowest BCUT2D eigenvalue weighted by Gasteiger charge is -2.24. The van der Waals surface area contributed by atoms with E-state index < -0.39 is 5.60 Å². The first kappa shape index (κ1) is 23.5. The van der Waals surface area contributed by atoms with Crippen molar-refractivity contribution in [2.24, 2.45) is 0 Å². The van der Waals surface area contributed by atoms with Gasteiger partial charge in [-0.15, -0.1) is 11.8 Å². The number of nitrogens with zero attached hydrogens (tertiary/aromatic N) is 2. The minimum Gasteiger partial charge on any atom is -0.444 e. The number of fused-ring (bicyclic) bond motifs is 2. The first-order valence-corrected chi connectivity index (χ1v) is 13.0. The molecule has 3 aromatic carbocycles. The highest BCUT2D eigenvalue weighted by Gasteiger charge is 2.30. The van der Waals surface area contributed by atoms with Crippen molar-refractivity contribution in [3.05, 3.63) is 94.5 Å². The van der Waals surface area contributed by atoms with Gasteiger partial charge in [-0.3, -0.25) is 9.69 Å². The molecule has 35 heavy (non-hydrogen) atoms. The molecule has 2 heterocycles. The molecular weight excluding hydrogens is 456 g/mol. The van der Waals surface area contributed by atoms with E-state index in [4.69, 9.17) is 4.74 Å². The summed E-state index contributed by atoms with van der Waals surface area (Å²) in [6.07, 6.45) is 0.536. The second-order valence-corrected chi connectivity index (χ2v) is 11.1. The first-order valence-electron chi connectivity index (χ1n) is 12.0. The quantitative estimate of drug-likeness (QED) is 0.399. The number of hydrogen-bond donors (Lipinski definition) is 0. The molecule has 0 fully saturated rings. The van der Waals surface area contributed by atoms with Crippen molar-refractivity contribution in [1.82, 2.24) is 4.90 Å². The number of benzene rings is 3. The second-order valence-electron chi connectivity index (χ2n) is 10.1. The molecule has 0 bridgehead atoms. The number of thioether (sulfide) groups is 1. The van der Waals surface area contributed by atoms with Crippen LogP contribution in [0.2, 0.25) is 0 Å². The van der Waals surface area contributed by atoms with Gasteiger partial charge in [-0.2, -0.15) is 0 Å². The van der Waals surface area contributed by atoms with Crippen molar-refractivity contribution < 1.29 is 14.3 Å². The van der Waals surface area contributed by atoms with Crippen LogP contribution in [0.25, 0.3) is 0 Å². The highest BCUT2D eigenvalue weighted by molar-refractivity contribution is 7.98. The zero-order valence-corrected chi connectivity index (χ0v) is 21.2. The van der Waals surface area contributed by atoms with Gasteiger partial charge in [0.05, 0.1) is 0 Å². The van der Waals surface area contributed by atoms with Crippen LogP contribution in [0.5, 0.6) is 0 Å². The molecule has 0 saturated heterocycles. The standard InChI is InChI=1S/C29H30N2O3S/c1-29(2,3)34-28(33)30-17-23-10-9-22(15-24(23)18-30)27(32)31-14-13-21-16-25(11-12-26(21)31)35-19-20-7-5-4-6-8-20/h4-12,15-16H,13-14,17-19H2,1-3H3. The van der Waals surface area contributed by atoms with Gasteiger partial charge in [0.15, 0.2) is 0 Å². The van der Waals surface area contributed by atoms with Crippen molar-refractivity contribution in [2.75, 3.05) is 11.4 Å². The summed E-state index contributed by atoms with van der Waals surface area (Å²) in [7, 11) is 0. The number of carbonyl (C=O) groups excluding carboxylic acids is 2. The number of hydrogen-bond acceptors (Lipinski definition) is 4. The summed E-state index contributed by atoms with van der Waals surface area (Å²) in [6, 6.07) is 22.6. The highest BCUT2D eigenvalue weighted by atomic mass is 32.2. The SMILES string of the molecule is CC(C)(C)OC(=O)N1Cc2ccc(C(=O)N3CCc4cc(SCc5ccccc5)ccc43)cc2C1. The van der Waals surface area contributed by atoms with Gasteiger partial charge in [0.25, 0.3) is 5.91 Å². The lowest BCUT2D eigenvalue weighted by molar-refractivity contribution is 0.0242. The summed E-state index contributed by atoms with van der Waals surface area (Å²) in [5, 5.41) is 0. The Bertz CT molecular complexity index is 1270. The van der Waals surface area contributed by atoms with Gasteiger partial charge >= 0.3 is 6.09 Å². The van der Waals surface area contributed by atoms with E-state index in [1.165, 1.54) is 16.0 Å². The minimum atomic E-state index is -0.532. The maximum atomic E-state index is 13.4. The van der Waals surface area contributed by atoms with Gasteiger partial charge in [-0.25, -0.2) is 4.79 Å². The van der Waals surface area contributed by atoms with Gasteiger partial charge < -0.3 is 9.64 Å². The summed E-state index contributed by atoms with van der Waals surface area (Å²) in [4.78, 5) is 30.7. The maximum Gasteiger partial charge on any atom is 0.410 e. The van der Waals surface area contributed by atoms with Gasteiger partial charge in [0.2, 0.25) is 0 Å². The van der Waals surface area contributed by atoms with E-state index in [1.54, 1.807) is 4.90 Å². The van der Waals surface area contributed by atoms with Crippen LogP contribution in [0.1, 0.15) is 53.4 Å². The predicted molar refractivity (Wildman–Crippen MR) is 140 cm³/mol. The molecule has 0 N–H and O–H groups in total. The van der Waals surface area contributed by atoms with Crippen molar-refractivity contribution in [2.45, 2.75) is 56.5 Å². The van der Waals surface area contributed by atoms with Crippen LogP contribution in [0, 0.1) is 0 Å². The van der Waals surface area contributed by atoms with Gasteiger partial charge in [-0.05, 0) is 79.8 Å². The Morgan fingerprint density at radius 3 is 2.46 bits per heavy atom. The fourth-order valence-corrected chi connectivity index (χ4v) is 5.47. The van der Waals surface area contributed by atoms with E-state index in [1.807, 2.05) is 61.7 Å². The molecule has 5 rings (SSSR count). The molecule has 2 amide bonds. The molecule has 0 spiro atoms. The fraction of sp³-hybridized carbons (Fsp3) is 0.310. The molecular formula is C29H30N2O3S. The fourth-order valence-electron chi connectivity index (χ4n) is 4.56. The van der Waals surface area contributed by atoms with Crippen molar-refractivity contribution in [1.29, 1.82) is 0 Å². The van der Waals surface area contributed by atoms with Gasteiger partial charge in [0, 0.05) is 41.5 Å². The summed E-state index contributed by atoms with van der Waals surface area (Å²) < 4.78 is 5.51. The molecule has 0 unspecified atom stereocenters. The van der Waals surface area contributed by atoms with Crippen LogP contribution in [-0.2, 0) is 30.0 Å². The Hall–Kier alpha value is -3.25. The Morgan fingerprint density at radius 2 is 1.69 bits per heavy atom. The third kappa shape index (κ3) is 5.22. The summed E-state index contributed by atoms with van der Waals surface area (Å²) >= 11 is 1.82. The minimum absolute atomic E-state index is 0.00644. The third-order valence-corrected chi connectivity index (χ3v) is 7.33. The van der Waals surface area contributed by atoms with E-state index in [0.717, 1.165) is 29.0 Å². The van der Waals surface area contributed by atoms with Crippen molar-refractivity contribution in [3.8, 4) is 0 Å². The monoisotopic (exact) mass is 486 g/mol. The van der Waals surface area contributed by atoms with E-state index >= 15 is 0 Å². The zero-order chi connectivity index (χ0) is 24.6. The predicted octanol–water partition coefficient (Wildman–Crippen LogP) is 6.43. The third-order valence-electron chi connectivity index (χ3n) is 6.27. The molecule has 2 aliphatic rings. The highest BCUT2D eigenvalue weighted by Crippen LogP contribution is 2.34. The molecule has 0 radical (unpaired) electrons. The Kier molecular flexibility index (Phi) is 6.32. The Labute approximate surface area is 211 Å². The molecule has 0 aliphatic carbocycles. The molecule has 5 nitrogen and oxygen atoms in total. The normalized spacial score (nSPS) is 14.6. The van der Waals surface area contributed by atoms with Crippen LogP contribution in [0.3, 0.4) is 0 Å². The van der Waals surface area contributed by atoms with Crippen LogP contribution in [-0.4, -0.2) is 29.0 Å². The van der Waals surface area contributed by atoms with Crippen LogP contribution in [0.15, 0.2) is 71.6 Å². The summed E-state index contributed by atoms with van der Waals surface area (Å²) in [5.41, 5.74) is 5.71. The largest absolute Gasteiger partial charge is 0.444 e. The zero-order valence-electron chi connectivity index (χ0n) is 20.4. The first-order chi connectivity index (χ1) is 16.8. The van der Waals surface area contributed by atoms with E-state index in [2.05, 4.69) is 42.5 Å². The molecule has 0 atom stereocenters. The number of amides is 2.